The summed E-state index contributed by atoms with van der Waals surface area (Å²) < 4.78 is 33.3. The Hall–Kier alpha value is -2.74. The van der Waals surface area contributed by atoms with Gasteiger partial charge in [-0.25, -0.2) is 0 Å². The zero-order valence-electron chi connectivity index (χ0n) is 14.5. The van der Waals surface area contributed by atoms with Crippen LogP contribution in [0.15, 0.2) is 60.6 Å². The van der Waals surface area contributed by atoms with Gasteiger partial charge in [-0.05, 0) is 12.1 Å². The molecular weight excluding hydrogens is 244 g/mol. The molecule has 5 rings (SSSR count). The van der Waals surface area contributed by atoms with E-state index in [2.05, 4.69) is 0 Å². The number of hydrogen-bond acceptors (Lipinski definition) is 0. The summed E-state index contributed by atoms with van der Waals surface area (Å²) in [5.74, 6) is 0. The number of aromatic nitrogens is 2. The number of benzene rings is 3. The Balaban J connectivity index is 2.17. The normalized spacial score (nSPS) is 14.8. The van der Waals surface area contributed by atoms with Gasteiger partial charge in [0.1, 0.15) is 0 Å². The van der Waals surface area contributed by atoms with E-state index in [1.54, 1.807) is 12.1 Å². The van der Waals surface area contributed by atoms with Crippen molar-refractivity contribution < 1.29 is 5.57 Å². The van der Waals surface area contributed by atoms with Crippen molar-refractivity contribution in [1.82, 2.24) is 9.95 Å². The summed E-state index contributed by atoms with van der Waals surface area (Å²) in [5, 5.41) is 3.38. The molecule has 2 N–H and O–H groups in total. The second-order valence-corrected chi connectivity index (χ2v) is 4.95. The summed E-state index contributed by atoms with van der Waals surface area (Å²) in [4.78, 5) is 2.51. The maximum Gasteiger partial charge on any atom is 0.167 e. The molecule has 2 heteroatoms. The Bertz CT molecular complexity index is 1200. The van der Waals surface area contributed by atoms with Gasteiger partial charge in [-0.2, -0.15) is 0 Å². The number of hydrogen-bond donors (Lipinski definition) is 2. The molecule has 0 saturated heterocycles. The first-order valence-corrected chi connectivity index (χ1v) is 6.54. The Kier molecular flexibility index (Phi) is 1.22. The Morgan fingerprint density at radius 2 is 1.15 bits per heavy atom. The molecule has 0 aliphatic heterocycles. The molecule has 0 aliphatic rings. The predicted molar refractivity (Wildman–Crippen MR) is 85.2 cm³/mol. The third-order valence-corrected chi connectivity index (χ3v) is 3.85. The van der Waals surface area contributed by atoms with Crippen LogP contribution in [0.5, 0.6) is 0 Å². The van der Waals surface area contributed by atoms with E-state index in [4.69, 9.17) is 5.57 Å². The molecule has 2 aromatic heterocycles. The number of aromatic amines is 2. The monoisotopic (exact) mass is 260 g/mol. The summed E-state index contributed by atoms with van der Waals surface area (Å²) in [6.07, 6.45) is 0. The van der Waals surface area contributed by atoms with Crippen LogP contribution in [-0.2, 0) is 0 Å². The van der Waals surface area contributed by atoms with Gasteiger partial charge in [0.2, 0.25) is 0 Å². The molecule has 0 unspecified atom stereocenters. The quantitative estimate of drug-likeness (QED) is 0.394. The minimum absolute atomic E-state index is 0.292. The van der Waals surface area contributed by atoms with Crippen molar-refractivity contribution in [2.45, 2.75) is 0 Å². The van der Waals surface area contributed by atoms with Crippen LogP contribution in [0.1, 0.15) is 2.74 Å². The zero-order valence-corrected chi connectivity index (χ0v) is 10.5. The molecule has 0 radical (unpaired) electrons. The summed E-state index contributed by atoms with van der Waals surface area (Å²) in [6.45, 7) is 0. The Morgan fingerprint density at radius 3 is 1.65 bits per heavy atom. The zero-order chi connectivity index (χ0) is 16.6. The van der Waals surface area contributed by atoms with Gasteiger partial charge in [-0.1, -0.05) is 48.5 Å². The smallest absolute Gasteiger partial charge is 0.167 e. The molecule has 0 saturated carbocycles. The largest absolute Gasteiger partial charge is 0.353 e. The summed E-state index contributed by atoms with van der Waals surface area (Å²) >= 11 is 0. The van der Waals surface area contributed by atoms with Gasteiger partial charge in [0.25, 0.3) is 0 Å². The second-order valence-electron chi connectivity index (χ2n) is 4.95. The van der Waals surface area contributed by atoms with Crippen LogP contribution >= 0.6 is 0 Å². The summed E-state index contributed by atoms with van der Waals surface area (Å²) in [6, 6.07) is 15.2. The van der Waals surface area contributed by atoms with Gasteiger partial charge in [0, 0.05) is 32.6 Å². The van der Waals surface area contributed by atoms with Gasteiger partial charge in [-0.15, -0.1) is 0 Å². The molecule has 0 spiro atoms. The highest BCUT2D eigenvalue weighted by Crippen LogP contribution is 2.34. The van der Waals surface area contributed by atoms with E-state index in [-0.39, 0.29) is 0 Å². The lowest BCUT2D eigenvalue weighted by atomic mass is 10.1. The lowest BCUT2D eigenvalue weighted by Crippen LogP contribution is -1.72. The minimum Gasteiger partial charge on any atom is -0.353 e. The molecule has 2 heterocycles. The first-order chi connectivity index (χ1) is 11.6. The molecule has 0 atom stereocenters. The molecule has 0 amide bonds. The summed E-state index contributed by atoms with van der Waals surface area (Å²) in [5.41, 5.74) is 2.29. The SMILES string of the molecule is [2H]c1cccc2c3ccc4c5cccc([2H])c5n([2H])c4c3n([2H])c12. The molecule has 0 fully saturated rings. The van der Waals surface area contributed by atoms with E-state index < -0.39 is 0 Å². The lowest BCUT2D eigenvalue weighted by molar-refractivity contribution is 1.51. The summed E-state index contributed by atoms with van der Waals surface area (Å²) in [7, 11) is 0. The third-order valence-electron chi connectivity index (χ3n) is 3.85. The average molecular weight is 260 g/mol. The Morgan fingerprint density at radius 1 is 0.650 bits per heavy atom. The molecular formula is C18H12N2. The van der Waals surface area contributed by atoms with E-state index in [1.807, 2.05) is 36.4 Å². The molecule has 0 aliphatic carbocycles. The van der Waals surface area contributed by atoms with Gasteiger partial charge >= 0.3 is 0 Å². The number of fused-ring (bicyclic) bond motifs is 7. The van der Waals surface area contributed by atoms with Gasteiger partial charge in [0.15, 0.2) is 2.82 Å². The van der Waals surface area contributed by atoms with Gasteiger partial charge in [0.05, 0.1) is 13.8 Å². The first kappa shape index (κ1) is 7.15. The first-order valence-electron chi connectivity index (χ1n) is 8.44. The fourth-order valence-electron chi connectivity index (χ4n) is 2.94. The van der Waals surface area contributed by atoms with Crippen LogP contribution in [0.2, 0.25) is 2.82 Å². The minimum atomic E-state index is 0.292. The molecule has 3 aromatic carbocycles. The van der Waals surface area contributed by atoms with Crippen molar-refractivity contribution in [1.29, 1.82) is 0 Å². The van der Waals surface area contributed by atoms with Crippen LogP contribution in [0.3, 0.4) is 0 Å². The standard InChI is InChI=1S/C18H12N2/c1-3-7-15-11(5-1)13-9-10-14-12-6-2-4-8-16(12)20-18(14)17(13)19-15/h1-10,19-20H/i7D,8D/hD2. The van der Waals surface area contributed by atoms with E-state index in [1.165, 1.54) is 9.95 Å². The number of para-hydroxylation sites is 2. The fraction of sp³-hybridized carbons (Fsp3) is 0. The van der Waals surface area contributed by atoms with Crippen LogP contribution in [-0.4, -0.2) is 9.95 Å². The lowest BCUT2D eigenvalue weighted by Gasteiger charge is -1.94. The fourth-order valence-corrected chi connectivity index (χ4v) is 2.94. The molecule has 94 valence electrons. The van der Waals surface area contributed by atoms with Crippen molar-refractivity contribution in [3.63, 3.8) is 0 Å². The van der Waals surface area contributed by atoms with Crippen LogP contribution in [0.25, 0.3) is 43.6 Å². The van der Waals surface area contributed by atoms with Crippen molar-refractivity contribution in [3.05, 3.63) is 60.6 Å². The molecule has 2 nitrogen and oxygen atoms in total. The average Bonchev–Trinajstić information content (AvgIpc) is 3.03. The van der Waals surface area contributed by atoms with E-state index in [0.717, 1.165) is 21.5 Å². The van der Waals surface area contributed by atoms with Crippen molar-refractivity contribution in [2.75, 3.05) is 0 Å². The van der Waals surface area contributed by atoms with Crippen LogP contribution < -0.4 is 0 Å². The van der Waals surface area contributed by atoms with E-state index in [0.29, 0.717) is 34.2 Å². The van der Waals surface area contributed by atoms with Crippen LogP contribution in [0.4, 0.5) is 0 Å². The van der Waals surface area contributed by atoms with E-state index in [9.17, 15) is 0 Å². The molecule has 5 aromatic rings. The number of rotatable bonds is 0. The highest BCUT2D eigenvalue weighted by atomic mass is 14.8. The maximum absolute atomic E-state index is 8.51. The van der Waals surface area contributed by atoms with Gasteiger partial charge in [-0.3, -0.25) is 0 Å². The van der Waals surface area contributed by atoms with Crippen molar-refractivity contribution in [3.8, 4) is 0 Å². The van der Waals surface area contributed by atoms with Crippen LogP contribution in [0, 0.1) is 0 Å². The van der Waals surface area contributed by atoms with E-state index >= 15 is 0 Å². The third kappa shape index (κ3) is 1.14. The molecule has 0 bridgehead atoms. The Labute approximate surface area is 120 Å². The van der Waals surface area contributed by atoms with Gasteiger partial charge < -0.3 is 9.95 Å². The van der Waals surface area contributed by atoms with Crippen molar-refractivity contribution >= 4 is 43.6 Å². The number of nitrogens with one attached hydrogen (secondary N) is 2. The topological polar surface area (TPSA) is 31.6 Å². The predicted octanol–water partition coefficient (Wildman–Crippen LogP) is 4.96. The molecule has 20 heavy (non-hydrogen) atoms. The highest BCUT2D eigenvalue weighted by molar-refractivity contribution is 6.21. The van der Waals surface area contributed by atoms with Crippen molar-refractivity contribution in [2.24, 2.45) is 0 Å². The highest BCUT2D eigenvalue weighted by Gasteiger charge is 2.10. The maximum atomic E-state index is 8.51. The second kappa shape index (κ2) is 3.42. The number of H-pyrrole nitrogens is 2.